The Labute approximate surface area is 109 Å². The van der Waals surface area contributed by atoms with Crippen molar-refractivity contribution in [2.75, 3.05) is 38.8 Å². The maximum Gasteiger partial charge on any atom is 0.202 e. The van der Waals surface area contributed by atoms with Gasteiger partial charge >= 0.3 is 0 Å². The topological polar surface area (TPSA) is 48.3 Å². The second kappa shape index (κ2) is 9.91. The lowest BCUT2D eigenvalue weighted by Gasteiger charge is -2.09. The Hall–Kier alpha value is -1.07. The summed E-state index contributed by atoms with van der Waals surface area (Å²) in [6, 6.07) is 0. The van der Waals surface area contributed by atoms with Gasteiger partial charge < -0.3 is 19.4 Å². The van der Waals surface area contributed by atoms with Gasteiger partial charge in [0.2, 0.25) is 5.95 Å². The van der Waals surface area contributed by atoms with Crippen LogP contribution in [0.1, 0.15) is 26.2 Å². The highest BCUT2D eigenvalue weighted by atomic mass is 16.5. The number of nitrogens with one attached hydrogen (secondary N) is 1. The lowest BCUT2D eigenvalue weighted by Crippen LogP contribution is -2.11. The van der Waals surface area contributed by atoms with Crippen molar-refractivity contribution >= 4 is 5.95 Å². The van der Waals surface area contributed by atoms with Crippen LogP contribution in [0, 0.1) is 0 Å². The standard InChI is InChI=1S/C13H25N3O2/c1-3-10-18-12-5-8-16-9-7-15-13(16)14-6-4-11-17-2/h7,9H,3-6,8,10-12H2,1-2H3,(H,14,15). The number of aromatic nitrogens is 2. The number of nitrogens with zero attached hydrogens (tertiary/aromatic N) is 2. The minimum atomic E-state index is 0.776. The number of hydrogen-bond donors (Lipinski definition) is 1. The number of rotatable bonds is 11. The van der Waals surface area contributed by atoms with E-state index in [0.29, 0.717) is 0 Å². The smallest absolute Gasteiger partial charge is 0.202 e. The van der Waals surface area contributed by atoms with Crippen molar-refractivity contribution in [3.05, 3.63) is 12.4 Å². The molecule has 18 heavy (non-hydrogen) atoms. The number of anilines is 1. The summed E-state index contributed by atoms with van der Waals surface area (Å²) >= 11 is 0. The molecular weight excluding hydrogens is 230 g/mol. The molecule has 1 heterocycles. The van der Waals surface area contributed by atoms with E-state index in [9.17, 15) is 0 Å². The number of imidazole rings is 1. The quantitative estimate of drug-likeness (QED) is 0.615. The third kappa shape index (κ3) is 6.02. The Morgan fingerprint density at radius 2 is 2.17 bits per heavy atom. The van der Waals surface area contributed by atoms with Gasteiger partial charge in [-0.3, -0.25) is 0 Å². The van der Waals surface area contributed by atoms with Gasteiger partial charge in [0, 0.05) is 52.4 Å². The van der Waals surface area contributed by atoms with Crippen LogP contribution in [-0.4, -0.2) is 43.0 Å². The molecule has 0 spiro atoms. The molecule has 0 aliphatic rings. The Morgan fingerprint density at radius 3 is 2.94 bits per heavy atom. The summed E-state index contributed by atoms with van der Waals surface area (Å²) in [5, 5.41) is 3.31. The highest BCUT2D eigenvalue weighted by Gasteiger charge is 2.01. The predicted octanol–water partition coefficient (Wildman–Crippen LogP) is 2.15. The first-order valence-electron chi connectivity index (χ1n) is 6.70. The van der Waals surface area contributed by atoms with Crippen LogP contribution in [0.25, 0.3) is 0 Å². The summed E-state index contributed by atoms with van der Waals surface area (Å²) in [7, 11) is 1.72. The molecule has 104 valence electrons. The fraction of sp³-hybridized carbons (Fsp3) is 0.769. The van der Waals surface area contributed by atoms with Gasteiger partial charge in [0.1, 0.15) is 0 Å². The van der Waals surface area contributed by atoms with Crippen LogP contribution in [0.2, 0.25) is 0 Å². The molecule has 1 N–H and O–H groups in total. The summed E-state index contributed by atoms with van der Waals surface area (Å²) in [6.45, 7) is 6.39. The molecule has 0 bridgehead atoms. The van der Waals surface area contributed by atoms with Crippen LogP contribution in [0.3, 0.4) is 0 Å². The normalized spacial score (nSPS) is 10.8. The van der Waals surface area contributed by atoms with Crippen LogP contribution in [0.5, 0.6) is 0 Å². The maximum absolute atomic E-state index is 5.46. The summed E-state index contributed by atoms with van der Waals surface area (Å²) < 4.78 is 12.6. The van der Waals surface area contributed by atoms with Crippen molar-refractivity contribution in [1.29, 1.82) is 0 Å². The number of hydrogen-bond acceptors (Lipinski definition) is 4. The van der Waals surface area contributed by atoms with Gasteiger partial charge in [0.05, 0.1) is 0 Å². The third-order valence-electron chi connectivity index (χ3n) is 2.56. The molecule has 0 saturated carbocycles. The Morgan fingerprint density at radius 1 is 1.28 bits per heavy atom. The minimum absolute atomic E-state index is 0.776. The zero-order chi connectivity index (χ0) is 13.1. The predicted molar refractivity (Wildman–Crippen MR) is 72.9 cm³/mol. The summed E-state index contributed by atoms with van der Waals surface area (Å²) in [5.41, 5.74) is 0. The average molecular weight is 255 g/mol. The fourth-order valence-electron chi connectivity index (χ4n) is 1.66. The lowest BCUT2D eigenvalue weighted by molar-refractivity contribution is 0.129. The molecule has 0 unspecified atom stereocenters. The molecule has 0 fully saturated rings. The van der Waals surface area contributed by atoms with Crippen molar-refractivity contribution in [3.8, 4) is 0 Å². The Balaban J connectivity index is 2.18. The zero-order valence-electron chi connectivity index (χ0n) is 11.5. The molecule has 1 aromatic rings. The highest BCUT2D eigenvalue weighted by molar-refractivity contribution is 5.25. The molecule has 0 aliphatic heterocycles. The molecule has 1 aromatic heterocycles. The van der Waals surface area contributed by atoms with Gasteiger partial charge in [-0.2, -0.15) is 0 Å². The van der Waals surface area contributed by atoms with Crippen molar-refractivity contribution < 1.29 is 9.47 Å². The largest absolute Gasteiger partial charge is 0.385 e. The Kier molecular flexibility index (Phi) is 8.25. The second-order valence-corrected chi connectivity index (χ2v) is 4.18. The van der Waals surface area contributed by atoms with Gasteiger partial charge in [0.15, 0.2) is 0 Å². The van der Waals surface area contributed by atoms with E-state index in [1.165, 1.54) is 0 Å². The first-order valence-corrected chi connectivity index (χ1v) is 6.70. The van der Waals surface area contributed by atoms with E-state index in [-0.39, 0.29) is 0 Å². The van der Waals surface area contributed by atoms with Crippen LogP contribution in [0.4, 0.5) is 5.95 Å². The summed E-state index contributed by atoms with van der Waals surface area (Å²) in [4.78, 5) is 4.30. The molecule has 0 amide bonds. The van der Waals surface area contributed by atoms with Gasteiger partial charge in [-0.1, -0.05) is 6.92 Å². The van der Waals surface area contributed by atoms with Crippen LogP contribution in [0.15, 0.2) is 12.4 Å². The van der Waals surface area contributed by atoms with E-state index in [2.05, 4.69) is 21.8 Å². The van der Waals surface area contributed by atoms with E-state index in [4.69, 9.17) is 9.47 Å². The first-order chi connectivity index (χ1) is 8.88. The number of aryl methyl sites for hydroxylation is 1. The SMILES string of the molecule is CCCOCCCn1ccnc1NCCCOC. The molecule has 0 atom stereocenters. The third-order valence-corrected chi connectivity index (χ3v) is 2.56. The van der Waals surface area contributed by atoms with E-state index in [1.807, 2.05) is 12.4 Å². The van der Waals surface area contributed by atoms with Crippen LogP contribution in [-0.2, 0) is 16.0 Å². The molecule has 0 aromatic carbocycles. The Bertz CT molecular complexity index is 302. The van der Waals surface area contributed by atoms with E-state index < -0.39 is 0 Å². The number of ether oxygens (including phenoxy) is 2. The van der Waals surface area contributed by atoms with Crippen LogP contribution < -0.4 is 5.32 Å². The summed E-state index contributed by atoms with van der Waals surface area (Å²) in [5.74, 6) is 0.932. The van der Waals surface area contributed by atoms with Gasteiger partial charge in [-0.05, 0) is 19.3 Å². The van der Waals surface area contributed by atoms with E-state index in [1.54, 1.807) is 7.11 Å². The van der Waals surface area contributed by atoms with Crippen molar-refractivity contribution in [3.63, 3.8) is 0 Å². The fourth-order valence-corrected chi connectivity index (χ4v) is 1.66. The molecule has 5 nitrogen and oxygen atoms in total. The molecule has 0 radical (unpaired) electrons. The maximum atomic E-state index is 5.46. The monoisotopic (exact) mass is 255 g/mol. The van der Waals surface area contributed by atoms with Gasteiger partial charge in [-0.25, -0.2) is 4.98 Å². The van der Waals surface area contributed by atoms with Gasteiger partial charge in [0.25, 0.3) is 0 Å². The van der Waals surface area contributed by atoms with Crippen molar-refractivity contribution in [2.45, 2.75) is 32.7 Å². The second-order valence-electron chi connectivity index (χ2n) is 4.18. The molecule has 0 aliphatic carbocycles. The van der Waals surface area contributed by atoms with Crippen molar-refractivity contribution in [2.24, 2.45) is 0 Å². The highest BCUT2D eigenvalue weighted by Crippen LogP contribution is 2.05. The van der Waals surface area contributed by atoms with Crippen LogP contribution >= 0.6 is 0 Å². The van der Waals surface area contributed by atoms with Gasteiger partial charge in [-0.15, -0.1) is 0 Å². The zero-order valence-corrected chi connectivity index (χ0v) is 11.5. The molecule has 0 saturated heterocycles. The first kappa shape index (κ1) is 15.0. The minimum Gasteiger partial charge on any atom is -0.385 e. The molecule has 1 rings (SSSR count). The average Bonchev–Trinajstić information content (AvgIpc) is 2.82. The summed E-state index contributed by atoms with van der Waals surface area (Å²) in [6.07, 6.45) is 6.91. The van der Waals surface area contributed by atoms with E-state index in [0.717, 1.165) is 58.1 Å². The lowest BCUT2D eigenvalue weighted by atomic mass is 10.4. The molecular formula is C13H25N3O2. The molecule has 5 heteroatoms. The number of methoxy groups -OCH3 is 1. The van der Waals surface area contributed by atoms with E-state index >= 15 is 0 Å². The van der Waals surface area contributed by atoms with Crippen molar-refractivity contribution in [1.82, 2.24) is 9.55 Å².